The fourth-order valence-corrected chi connectivity index (χ4v) is 2.25. The highest BCUT2D eigenvalue weighted by Crippen LogP contribution is 2.33. The van der Waals surface area contributed by atoms with Crippen LogP contribution in [0.2, 0.25) is 5.02 Å². The van der Waals surface area contributed by atoms with Crippen molar-refractivity contribution >= 4 is 46.0 Å². The van der Waals surface area contributed by atoms with Crippen molar-refractivity contribution in [2.45, 2.75) is 13.3 Å². The number of amides is 1. The van der Waals surface area contributed by atoms with E-state index in [1.807, 2.05) is 0 Å². The number of azo groups is 1. The van der Waals surface area contributed by atoms with Crippen molar-refractivity contribution in [2.24, 2.45) is 10.2 Å². The number of nitrogens with one attached hydrogen (secondary N) is 1. The number of anilines is 1. The molecule has 27 heavy (non-hydrogen) atoms. The van der Waals surface area contributed by atoms with Gasteiger partial charge in [-0.2, -0.15) is 5.11 Å². The Balaban J connectivity index is 2.33. The summed E-state index contributed by atoms with van der Waals surface area (Å²) in [5.41, 5.74) is 0.485. The Bertz CT molecular complexity index is 930. The molecule has 2 aromatic carbocycles. The molecule has 1 amide bonds. The average Bonchev–Trinajstić information content (AvgIpc) is 2.60. The van der Waals surface area contributed by atoms with Crippen molar-refractivity contribution < 1.29 is 19.2 Å². The molecular formula is C17H15ClN4O5. The van der Waals surface area contributed by atoms with E-state index in [0.717, 1.165) is 0 Å². The minimum Gasteiger partial charge on any atom is -0.497 e. The number of ketones is 1. The van der Waals surface area contributed by atoms with Gasteiger partial charge in [0.05, 0.1) is 29.8 Å². The van der Waals surface area contributed by atoms with Crippen molar-refractivity contribution in [3.8, 4) is 5.75 Å². The van der Waals surface area contributed by atoms with Crippen LogP contribution in [0.1, 0.15) is 13.3 Å². The molecule has 2 aromatic rings. The molecular weight excluding hydrogens is 376 g/mol. The lowest BCUT2D eigenvalue weighted by atomic mass is 10.2. The van der Waals surface area contributed by atoms with Gasteiger partial charge in [0.1, 0.15) is 22.2 Å². The number of carbonyl (C=O) groups is 2. The molecule has 0 spiro atoms. The number of rotatable bonds is 7. The van der Waals surface area contributed by atoms with Crippen molar-refractivity contribution in [3.63, 3.8) is 0 Å². The Labute approximate surface area is 159 Å². The average molecular weight is 391 g/mol. The summed E-state index contributed by atoms with van der Waals surface area (Å²) in [6, 6.07) is 8.68. The van der Waals surface area contributed by atoms with Crippen LogP contribution in [0.25, 0.3) is 0 Å². The van der Waals surface area contributed by atoms with Gasteiger partial charge in [0.2, 0.25) is 5.91 Å². The summed E-state index contributed by atoms with van der Waals surface area (Å²) in [5.74, 6) is -0.324. The molecule has 0 aliphatic heterocycles. The number of ether oxygens (including phenoxy) is 1. The molecule has 0 heterocycles. The minimum absolute atomic E-state index is 0.0133. The lowest BCUT2D eigenvalue weighted by molar-refractivity contribution is -0.384. The van der Waals surface area contributed by atoms with Gasteiger partial charge in [-0.3, -0.25) is 19.7 Å². The molecule has 0 atom stereocenters. The molecule has 0 aliphatic carbocycles. The van der Waals surface area contributed by atoms with Crippen LogP contribution >= 0.6 is 11.6 Å². The van der Waals surface area contributed by atoms with Gasteiger partial charge in [-0.15, -0.1) is 5.11 Å². The van der Waals surface area contributed by atoms with E-state index < -0.39 is 10.8 Å². The third-order valence-electron chi connectivity index (χ3n) is 3.29. The summed E-state index contributed by atoms with van der Waals surface area (Å²) < 4.78 is 5.11. The van der Waals surface area contributed by atoms with E-state index >= 15 is 0 Å². The summed E-state index contributed by atoms with van der Waals surface area (Å²) in [6.07, 6.45) is -0.281. The number of benzene rings is 2. The van der Waals surface area contributed by atoms with Gasteiger partial charge in [0.25, 0.3) is 5.69 Å². The van der Waals surface area contributed by atoms with Crippen molar-refractivity contribution in [2.75, 3.05) is 12.4 Å². The second-order valence-corrected chi connectivity index (χ2v) is 5.81. The smallest absolute Gasteiger partial charge is 0.290 e. The molecule has 0 aliphatic rings. The highest BCUT2D eigenvalue weighted by molar-refractivity contribution is 6.32. The van der Waals surface area contributed by atoms with E-state index in [0.29, 0.717) is 5.75 Å². The van der Waals surface area contributed by atoms with Gasteiger partial charge in [-0.05, 0) is 31.2 Å². The fourth-order valence-electron chi connectivity index (χ4n) is 2.06. The molecule has 0 bridgehead atoms. The topological polar surface area (TPSA) is 123 Å². The number of carbonyl (C=O) groups excluding carboxylic acids is 2. The Morgan fingerprint density at radius 1 is 1.22 bits per heavy atom. The lowest BCUT2D eigenvalue weighted by Gasteiger charge is -2.09. The Kier molecular flexibility index (Phi) is 6.56. The van der Waals surface area contributed by atoms with Crippen molar-refractivity contribution in [1.82, 2.24) is 0 Å². The molecule has 0 saturated carbocycles. The molecule has 9 nitrogen and oxygen atoms in total. The number of hydrogen-bond donors (Lipinski definition) is 1. The molecule has 0 saturated heterocycles. The molecule has 0 aromatic heterocycles. The maximum Gasteiger partial charge on any atom is 0.290 e. The maximum absolute atomic E-state index is 11.9. The highest BCUT2D eigenvalue weighted by atomic mass is 35.5. The van der Waals surface area contributed by atoms with Crippen LogP contribution in [0.15, 0.2) is 46.6 Å². The normalized spacial score (nSPS) is 10.6. The number of Topliss-reactive ketones (excluding diaryl/α,β-unsaturated/α-hetero) is 1. The zero-order chi connectivity index (χ0) is 20.0. The predicted octanol–water partition coefficient (Wildman–Crippen LogP) is 4.59. The van der Waals surface area contributed by atoms with Gasteiger partial charge in [0.15, 0.2) is 0 Å². The first-order chi connectivity index (χ1) is 12.8. The van der Waals surface area contributed by atoms with E-state index in [4.69, 9.17) is 16.3 Å². The molecule has 0 fully saturated rings. The number of hydrogen-bond acceptors (Lipinski definition) is 7. The number of nitro benzene ring substituents is 1. The van der Waals surface area contributed by atoms with E-state index in [9.17, 15) is 19.7 Å². The van der Waals surface area contributed by atoms with Gasteiger partial charge < -0.3 is 10.1 Å². The van der Waals surface area contributed by atoms with Gasteiger partial charge in [0, 0.05) is 12.1 Å². The third-order valence-corrected chi connectivity index (χ3v) is 3.61. The summed E-state index contributed by atoms with van der Waals surface area (Å²) in [7, 11) is 1.46. The van der Waals surface area contributed by atoms with Gasteiger partial charge in [-0.1, -0.05) is 11.6 Å². The van der Waals surface area contributed by atoms with Crippen LogP contribution in [-0.4, -0.2) is 23.7 Å². The quantitative estimate of drug-likeness (QED) is 0.320. The van der Waals surface area contributed by atoms with E-state index in [1.54, 1.807) is 12.1 Å². The van der Waals surface area contributed by atoms with Crippen LogP contribution < -0.4 is 10.1 Å². The van der Waals surface area contributed by atoms with Gasteiger partial charge in [-0.25, -0.2) is 0 Å². The van der Waals surface area contributed by atoms with Crippen LogP contribution in [0, 0.1) is 10.1 Å². The Morgan fingerprint density at radius 3 is 2.59 bits per heavy atom. The van der Waals surface area contributed by atoms with Crippen LogP contribution in [0.3, 0.4) is 0 Å². The third kappa shape index (κ3) is 5.58. The number of nitrogens with zero attached hydrogens (tertiary/aromatic N) is 3. The first kappa shape index (κ1) is 20.0. The van der Waals surface area contributed by atoms with Crippen LogP contribution in [-0.2, 0) is 9.59 Å². The molecule has 10 heteroatoms. The number of nitro groups is 1. The van der Waals surface area contributed by atoms with E-state index in [-0.39, 0.29) is 40.0 Å². The SMILES string of the molecule is COc1ccc(N=Nc2ccc(Cl)c([N+](=O)[O-])c2)c(NC(=O)CC(C)=O)c1. The summed E-state index contributed by atoms with van der Waals surface area (Å²) >= 11 is 5.76. The largest absolute Gasteiger partial charge is 0.497 e. The van der Waals surface area contributed by atoms with Gasteiger partial charge >= 0.3 is 0 Å². The van der Waals surface area contributed by atoms with Crippen molar-refractivity contribution in [3.05, 3.63) is 51.5 Å². The maximum atomic E-state index is 11.9. The predicted molar refractivity (Wildman–Crippen MR) is 99.2 cm³/mol. The second-order valence-electron chi connectivity index (χ2n) is 5.40. The standard InChI is InChI=1S/C17H15ClN4O5/c1-10(23)7-17(24)19-15-9-12(27-2)4-6-14(15)21-20-11-3-5-13(18)16(8-11)22(25)26/h3-6,8-9H,7H2,1-2H3,(H,19,24). The van der Waals surface area contributed by atoms with E-state index in [2.05, 4.69) is 15.5 Å². The Hall–Kier alpha value is -3.33. The fraction of sp³-hybridized carbons (Fsp3) is 0.176. The Morgan fingerprint density at radius 2 is 1.96 bits per heavy atom. The van der Waals surface area contributed by atoms with Crippen molar-refractivity contribution in [1.29, 1.82) is 0 Å². The molecule has 0 radical (unpaired) electrons. The zero-order valence-corrected chi connectivity index (χ0v) is 15.2. The summed E-state index contributed by atoms with van der Waals surface area (Å²) in [5, 5.41) is 21.5. The zero-order valence-electron chi connectivity index (χ0n) is 14.4. The van der Waals surface area contributed by atoms with Crippen LogP contribution in [0.5, 0.6) is 5.75 Å². The molecule has 140 valence electrons. The first-order valence-corrected chi connectivity index (χ1v) is 8.01. The first-order valence-electron chi connectivity index (χ1n) is 7.63. The minimum atomic E-state index is -0.623. The highest BCUT2D eigenvalue weighted by Gasteiger charge is 2.13. The van der Waals surface area contributed by atoms with E-state index in [1.165, 1.54) is 38.3 Å². The number of halogens is 1. The molecule has 0 unspecified atom stereocenters. The number of methoxy groups -OCH3 is 1. The monoisotopic (exact) mass is 390 g/mol. The molecule has 2 rings (SSSR count). The summed E-state index contributed by atoms with van der Waals surface area (Å²) in [4.78, 5) is 33.3. The molecule has 1 N–H and O–H groups in total. The van der Waals surface area contributed by atoms with Crippen LogP contribution in [0.4, 0.5) is 22.7 Å². The summed E-state index contributed by atoms with van der Waals surface area (Å²) in [6.45, 7) is 1.30. The lowest BCUT2D eigenvalue weighted by Crippen LogP contribution is -2.14. The second kappa shape index (κ2) is 8.86.